The highest BCUT2D eigenvalue weighted by atomic mass is 79.9. The molecule has 0 radical (unpaired) electrons. The van der Waals surface area contributed by atoms with E-state index in [1.807, 2.05) is 0 Å². The number of nitrogen functional groups attached to an aromatic ring is 1. The maximum absolute atomic E-state index is 11.8. The molecule has 1 heterocycles. The molecule has 0 bridgehead atoms. The van der Waals surface area contributed by atoms with Crippen LogP contribution in [0.1, 0.15) is 9.80 Å². The van der Waals surface area contributed by atoms with Crippen LogP contribution in [0.25, 0.3) is 0 Å². The molecule has 1 amide bonds. The van der Waals surface area contributed by atoms with Crippen LogP contribution in [0.5, 0.6) is 0 Å². The van der Waals surface area contributed by atoms with Crippen molar-refractivity contribution in [1.82, 2.24) is 10.2 Å². The maximum Gasteiger partial charge on any atom is 0.286 e. The van der Waals surface area contributed by atoms with Gasteiger partial charge in [-0.2, -0.15) is 0 Å². The summed E-state index contributed by atoms with van der Waals surface area (Å²) in [6.07, 6.45) is 0. The lowest BCUT2D eigenvalue weighted by Gasteiger charge is -2.04. The van der Waals surface area contributed by atoms with E-state index >= 15 is 0 Å². The molecule has 2 rings (SSSR count). The SMILES string of the molecule is Nc1nnc(C(=O)Nc2cc([N+](=O)[O-])ccc2Br)s1. The lowest BCUT2D eigenvalue weighted by molar-refractivity contribution is -0.384. The predicted octanol–water partition coefficient (Wildman–Crippen LogP) is 2.04. The van der Waals surface area contributed by atoms with E-state index in [0.29, 0.717) is 4.47 Å². The second-order valence-electron chi connectivity index (χ2n) is 3.32. The van der Waals surface area contributed by atoms with Crippen molar-refractivity contribution in [2.24, 2.45) is 0 Å². The van der Waals surface area contributed by atoms with Crippen LogP contribution in [-0.4, -0.2) is 21.0 Å². The number of nitrogens with zero attached hydrogens (tertiary/aromatic N) is 3. The molecule has 3 N–H and O–H groups in total. The van der Waals surface area contributed by atoms with Crippen LogP contribution in [0.3, 0.4) is 0 Å². The van der Waals surface area contributed by atoms with Gasteiger partial charge in [0.2, 0.25) is 10.1 Å². The van der Waals surface area contributed by atoms with Crippen LogP contribution in [0.4, 0.5) is 16.5 Å². The summed E-state index contributed by atoms with van der Waals surface area (Å²) in [5.41, 5.74) is 5.51. The largest absolute Gasteiger partial charge is 0.374 e. The van der Waals surface area contributed by atoms with Crippen molar-refractivity contribution in [2.75, 3.05) is 11.1 Å². The number of hydrogen-bond donors (Lipinski definition) is 2. The van der Waals surface area contributed by atoms with E-state index in [-0.39, 0.29) is 21.5 Å². The lowest BCUT2D eigenvalue weighted by atomic mass is 10.3. The maximum atomic E-state index is 11.8. The number of benzene rings is 1. The normalized spacial score (nSPS) is 10.2. The number of non-ortho nitro benzene ring substituents is 1. The molecule has 0 fully saturated rings. The molecule has 8 nitrogen and oxygen atoms in total. The first-order valence-corrected chi connectivity index (χ1v) is 6.42. The van der Waals surface area contributed by atoms with Gasteiger partial charge in [-0.25, -0.2) is 0 Å². The Hall–Kier alpha value is -2.07. The molecule has 1 aromatic carbocycles. The number of carbonyl (C=O) groups excluding carboxylic acids is 1. The second-order valence-corrected chi connectivity index (χ2v) is 5.18. The van der Waals surface area contributed by atoms with E-state index in [0.717, 1.165) is 11.3 Å². The number of aromatic nitrogens is 2. The summed E-state index contributed by atoms with van der Waals surface area (Å²) in [4.78, 5) is 21.9. The van der Waals surface area contributed by atoms with Gasteiger partial charge in [0, 0.05) is 16.6 Å². The quantitative estimate of drug-likeness (QED) is 0.649. The predicted molar refractivity (Wildman–Crippen MR) is 73.1 cm³/mol. The topological polar surface area (TPSA) is 124 Å². The summed E-state index contributed by atoms with van der Waals surface area (Å²) in [5, 5.41) is 20.5. The molecular weight excluding hydrogens is 338 g/mol. The number of nitrogens with one attached hydrogen (secondary N) is 1. The number of hydrogen-bond acceptors (Lipinski definition) is 7. The number of amides is 1. The van der Waals surface area contributed by atoms with Crippen molar-refractivity contribution in [3.8, 4) is 0 Å². The highest BCUT2D eigenvalue weighted by Gasteiger charge is 2.15. The smallest absolute Gasteiger partial charge is 0.286 e. The fraction of sp³-hybridized carbons (Fsp3) is 0. The lowest BCUT2D eigenvalue weighted by Crippen LogP contribution is -2.12. The fourth-order valence-corrected chi connectivity index (χ4v) is 2.08. The van der Waals surface area contributed by atoms with Gasteiger partial charge in [0.25, 0.3) is 11.6 Å². The number of nitro groups is 1. The number of carbonyl (C=O) groups is 1. The Morgan fingerprint density at radius 3 is 2.79 bits per heavy atom. The van der Waals surface area contributed by atoms with Gasteiger partial charge in [-0.15, -0.1) is 10.2 Å². The van der Waals surface area contributed by atoms with E-state index < -0.39 is 10.8 Å². The number of anilines is 2. The van der Waals surface area contributed by atoms with Gasteiger partial charge >= 0.3 is 0 Å². The zero-order chi connectivity index (χ0) is 14.0. The van der Waals surface area contributed by atoms with Gasteiger partial charge in [-0.3, -0.25) is 14.9 Å². The second kappa shape index (κ2) is 5.28. The highest BCUT2D eigenvalue weighted by molar-refractivity contribution is 9.10. The van der Waals surface area contributed by atoms with Crippen molar-refractivity contribution in [1.29, 1.82) is 0 Å². The van der Waals surface area contributed by atoms with E-state index in [1.54, 1.807) is 0 Å². The third-order valence-corrected chi connectivity index (χ3v) is 3.49. The minimum Gasteiger partial charge on any atom is -0.374 e. The zero-order valence-electron chi connectivity index (χ0n) is 9.16. The standard InChI is InChI=1S/C9H6BrN5O3S/c10-5-2-1-4(15(17)18)3-6(5)12-7(16)8-13-14-9(11)19-8/h1-3H,(H2,11,14)(H,12,16). The number of nitrogens with two attached hydrogens (primary N) is 1. The summed E-state index contributed by atoms with van der Waals surface area (Å²) in [6.45, 7) is 0. The van der Waals surface area contributed by atoms with Crippen LogP contribution in [0.2, 0.25) is 0 Å². The van der Waals surface area contributed by atoms with Crippen molar-refractivity contribution >= 4 is 49.7 Å². The van der Waals surface area contributed by atoms with E-state index in [1.165, 1.54) is 18.2 Å². The van der Waals surface area contributed by atoms with E-state index in [4.69, 9.17) is 5.73 Å². The Balaban J connectivity index is 2.25. The summed E-state index contributed by atoms with van der Waals surface area (Å²) >= 11 is 4.12. The highest BCUT2D eigenvalue weighted by Crippen LogP contribution is 2.27. The molecule has 19 heavy (non-hydrogen) atoms. The Morgan fingerprint density at radius 2 is 2.21 bits per heavy atom. The third kappa shape index (κ3) is 3.03. The Kier molecular flexibility index (Phi) is 3.71. The minimum absolute atomic E-state index is 0.0795. The van der Waals surface area contributed by atoms with Crippen LogP contribution in [-0.2, 0) is 0 Å². The molecule has 10 heteroatoms. The molecule has 98 valence electrons. The van der Waals surface area contributed by atoms with E-state index in [2.05, 4.69) is 31.4 Å². The van der Waals surface area contributed by atoms with Crippen molar-refractivity contribution in [2.45, 2.75) is 0 Å². The number of rotatable bonds is 3. The summed E-state index contributed by atoms with van der Waals surface area (Å²) in [5.74, 6) is -0.532. The average Bonchev–Trinajstić information content (AvgIpc) is 2.78. The first kappa shape index (κ1) is 13.4. The molecule has 0 unspecified atom stereocenters. The van der Waals surface area contributed by atoms with Gasteiger partial charge in [0.1, 0.15) is 0 Å². The number of nitro benzene ring substituents is 1. The molecule has 0 atom stereocenters. The van der Waals surface area contributed by atoms with Crippen molar-refractivity contribution < 1.29 is 9.72 Å². The van der Waals surface area contributed by atoms with Gasteiger partial charge in [0.15, 0.2) is 0 Å². The van der Waals surface area contributed by atoms with E-state index in [9.17, 15) is 14.9 Å². The van der Waals surface area contributed by atoms with Gasteiger partial charge < -0.3 is 11.1 Å². The molecule has 0 saturated heterocycles. The van der Waals surface area contributed by atoms with Crippen molar-refractivity contribution in [3.63, 3.8) is 0 Å². The Labute approximate surface area is 118 Å². The summed E-state index contributed by atoms with van der Waals surface area (Å²) in [7, 11) is 0. The zero-order valence-corrected chi connectivity index (χ0v) is 11.6. The molecule has 0 aliphatic heterocycles. The fourth-order valence-electron chi connectivity index (χ4n) is 1.22. The van der Waals surface area contributed by atoms with Gasteiger partial charge in [-0.1, -0.05) is 11.3 Å². The molecule has 0 spiro atoms. The summed E-state index contributed by atoms with van der Waals surface area (Å²) in [6, 6.07) is 4.04. The van der Waals surface area contributed by atoms with Gasteiger partial charge in [0.05, 0.1) is 10.6 Å². The molecular formula is C9H6BrN5O3S. The third-order valence-electron chi connectivity index (χ3n) is 2.04. The van der Waals surface area contributed by atoms with Crippen LogP contribution >= 0.6 is 27.3 Å². The molecule has 0 aliphatic rings. The molecule has 2 aromatic rings. The average molecular weight is 344 g/mol. The molecule has 0 saturated carbocycles. The van der Waals surface area contributed by atoms with Gasteiger partial charge in [-0.05, 0) is 22.0 Å². The molecule has 0 aliphatic carbocycles. The Bertz CT molecular complexity index is 659. The monoisotopic (exact) mass is 343 g/mol. The summed E-state index contributed by atoms with van der Waals surface area (Å²) < 4.78 is 0.518. The Morgan fingerprint density at radius 1 is 1.47 bits per heavy atom. The first-order chi connectivity index (χ1) is 8.97. The minimum atomic E-state index is -0.551. The van der Waals surface area contributed by atoms with Crippen LogP contribution < -0.4 is 11.1 Å². The number of halogens is 1. The van der Waals surface area contributed by atoms with Crippen molar-refractivity contribution in [3.05, 3.63) is 37.8 Å². The van der Waals surface area contributed by atoms with Crippen LogP contribution in [0.15, 0.2) is 22.7 Å². The first-order valence-electron chi connectivity index (χ1n) is 4.81. The molecule has 1 aromatic heterocycles. The van der Waals surface area contributed by atoms with Crippen LogP contribution in [0, 0.1) is 10.1 Å².